The lowest BCUT2D eigenvalue weighted by molar-refractivity contribution is 0.426. The molecule has 0 rings (SSSR count). The van der Waals surface area contributed by atoms with Crippen LogP contribution in [0.4, 0.5) is 0 Å². The fourth-order valence-corrected chi connectivity index (χ4v) is 1.42. The van der Waals surface area contributed by atoms with Gasteiger partial charge in [0.05, 0.1) is 10.1 Å². The lowest BCUT2D eigenvalue weighted by Crippen LogP contribution is -2.24. The molecule has 3 nitrogen and oxygen atoms in total. The molecule has 0 radical (unpaired) electrons. The second kappa shape index (κ2) is 3.88. The molecule has 0 spiro atoms. The zero-order chi connectivity index (χ0) is 9.07. The maximum atomic E-state index is 10.5. The summed E-state index contributed by atoms with van der Waals surface area (Å²) in [7, 11) is -4.12. The Morgan fingerprint density at radius 2 is 2.00 bits per heavy atom. The molecule has 66 valence electrons. The highest BCUT2D eigenvalue weighted by atomic mass is 32.2. The highest BCUT2D eigenvalue weighted by molar-refractivity contribution is 7.86. The van der Waals surface area contributed by atoms with E-state index in [-0.39, 0.29) is 5.92 Å². The monoisotopic (exact) mass is 177 g/mol. The summed E-state index contributed by atoms with van der Waals surface area (Å²) < 4.78 is 31.4. The summed E-state index contributed by atoms with van der Waals surface area (Å²) in [5.41, 5.74) is 0. The zero-order valence-corrected chi connectivity index (χ0v) is 7.60. The molecule has 11 heavy (non-hydrogen) atoms. The summed E-state index contributed by atoms with van der Waals surface area (Å²) in [5, 5.41) is -0.819. The van der Waals surface area contributed by atoms with Crippen LogP contribution in [-0.4, -0.2) is 18.2 Å². The van der Waals surface area contributed by atoms with Crippen molar-refractivity contribution in [3.8, 4) is 0 Å². The second-order valence-corrected chi connectivity index (χ2v) is 4.43. The highest BCUT2D eigenvalue weighted by Crippen LogP contribution is 2.14. The molecular weight excluding hydrogens is 164 g/mol. The molecule has 2 atom stereocenters. The van der Waals surface area contributed by atoms with Gasteiger partial charge in [-0.1, -0.05) is 13.0 Å². The first-order valence-corrected chi connectivity index (χ1v) is 4.92. The van der Waals surface area contributed by atoms with E-state index in [2.05, 4.69) is 6.58 Å². The number of hydrogen-bond acceptors (Lipinski definition) is 3. The van der Waals surface area contributed by atoms with Crippen LogP contribution in [0.3, 0.4) is 0 Å². The summed E-state index contributed by atoms with van der Waals surface area (Å²) in [6, 6.07) is 0. The Balaban J connectivity index is 4.25. The van der Waals surface area contributed by atoms with Crippen LogP contribution in [0.5, 0.6) is 0 Å². The molecule has 0 aromatic heterocycles. The molecule has 0 aliphatic rings. The minimum atomic E-state index is -4.12. The molecule has 0 aliphatic heterocycles. The summed E-state index contributed by atoms with van der Waals surface area (Å²) in [6.45, 7) is 6.62. The van der Waals surface area contributed by atoms with Crippen molar-refractivity contribution in [3.63, 3.8) is 0 Å². The van der Waals surface area contributed by atoms with E-state index in [0.717, 1.165) is 0 Å². The van der Waals surface area contributed by atoms with Crippen molar-refractivity contribution < 1.29 is 13.0 Å². The smallest absolute Gasteiger partial charge is 0.0975 e. The standard InChI is InChI=1S/C7H14O3S/c1-4-5-6(2)7(3)11(8,9)10/h4,6-7H,1,5H2,2-3H3,(H,8,9,10)/p-1/t6-,7+/m0/s1. The van der Waals surface area contributed by atoms with Crippen molar-refractivity contribution in [2.45, 2.75) is 25.5 Å². The summed E-state index contributed by atoms with van der Waals surface area (Å²) >= 11 is 0. The van der Waals surface area contributed by atoms with Gasteiger partial charge < -0.3 is 4.55 Å². The number of allylic oxidation sites excluding steroid dienone is 1. The van der Waals surface area contributed by atoms with Gasteiger partial charge in [0.25, 0.3) is 0 Å². The molecule has 0 heterocycles. The van der Waals surface area contributed by atoms with Crippen LogP contribution in [0, 0.1) is 5.92 Å². The largest absolute Gasteiger partial charge is 0.748 e. The lowest BCUT2D eigenvalue weighted by atomic mass is 10.1. The van der Waals surface area contributed by atoms with E-state index < -0.39 is 15.4 Å². The average Bonchev–Trinajstić information content (AvgIpc) is 1.85. The third kappa shape index (κ3) is 3.53. The van der Waals surface area contributed by atoms with Gasteiger partial charge in [-0.3, -0.25) is 0 Å². The topological polar surface area (TPSA) is 57.2 Å². The highest BCUT2D eigenvalue weighted by Gasteiger charge is 2.16. The van der Waals surface area contributed by atoms with Gasteiger partial charge in [-0.25, -0.2) is 8.42 Å². The molecule has 0 saturated carbocycles. The lowest BCUT2D eigenvalue weighted by Gasteiger charge is -2.21. The van der Waals surface area contributed by atoms with Crippen LogP contribution in [0.25, 0.3) is 0 Å². The van der Waals surface area contributed by atoms with Crippen LogP contribution < -0.4 is 0 Å². The van der Waals surface area contributed by atoms with E-state index in [0.29, 0.717) is 6.42 Å². The van der Waals surface area contributed by atoms with E-state index in [1.54, 1.807) is 13.0 Å². The molecule has 0 aliphatic carbocycles. The SMILES string of the molecule is C=CC[C@H](C)[C@@H](C)S(=O)(=O)[O-]. The van der Waals surface area contributed by atoms with Crippen molar-refractivity contribution in [1.82, 2.24) is 0 Å². The molecular formula is C7H13O3S-. The molecule has 0 fully saturated rings. The van der Waals surface area contributed by atoms with Gasteiger partial charge in [0.2, 0.25) is 0 Å². The number of rotatable bonds is 4. The minimum Gasteiger partial charge on any atom is -0.748 e. The predicted molar refractivity (Wildman–Crippen MR) is 43.1 cm³/mol. The Morgan fingerprint density at radius 1 is 1.55 bits per heavy atom. The van der Waals surface area contributed by atoms with Crippen LogP contribution in [0.15, 0.2) is 12.7 Å². The molecule has 0 amide bonds. The van der Waals surface area contributed by atoms with Crippen molar-refractivity contribution in [2.24, 2.45) is 5.92 Å². The summed E-state index contributed by atoms with van der Waals surface area (Å²) in [4.78, 5) is 0. The first-order valence-electron chi connectivity index (χ1n) is 3.45. The molecule has 0 aromatic rings. The van der Waals surface area contributed by atoms with Crippen LogP contribution >= 0.6 is 0 Å². The molecule has 0 aromatic carbocycles. The Hall–Kier alpha value is -0.350. The van der Waals surface area contributed by atoms with Crippen molar-refractivity contribution in [2.75, 3.05) is 0 Å². The van der Waals surface area contributed by atoms with Crippen LogP contribution in [0.1, 0.15) is 20.3 Å². The first-order chi connectivity index (χ1) is 4.89. The molecule has 0 bridgehead atoms. The average molecular weight is 177 g/mol. The maximum absolute atomic E-state index is 10.5. The third-order valence-electron chi connectivity index (χ3n) is 1.80. The van der Waals surface area contributed by atoms with Gasteiger partial charge in [-0.05, 0) is 19.3 Å². The van der Waals surface area contributed by atoms with E-state index in [1.165, 1.54) is 6.92 Å². The normalized spacial score (nSPS) is 17.4. The first kappa shape index (κ1) is 10.7. The van der Waals surface area contributed by atoms with E-state index in [1.807, 2.05) is 0 Å². The maximum Gasteiger partial charge on any atom is 0.0975 e. The van der Waals surface area contributed by atoms with E-state index >= 15 is 0 Å². The molecule has 0 N–H and O–H groups in total. The zero-order valence-electron chi connectivity index (χ0n) is 6.78. The summed E-state index contributed by atoms with van der Waals surface area (Å²) in [5.74, 6) is -0.144. The van der Waals surface area contributed by atoms with Gasteiger partial charge in [-0.15, -0.1) is 6.58 Å². The van der Waals surface area contributed by atoms with E-state index in [9.17, 15) is 13.0 Å². The second-order valence-electron chi connectivity index (χ2n) is 2.70. The Labute approximate surface area is 67.9 Å². The predicted octanol–water partition coefficient (Wildman–Crippen LogP) is 1.13. The van der Waals surface area contributed by atoms with Crippen LogP contribution in [-0.2, 0) is 10.1 Å². The van der Waals surface area contributed by atoms with Gasteiger partial charge in [-0.2, -0.15) is 0 Å². The molecule has 4 heteroatoms. The van der Waals surface area contributed by atoms with Crippen molar-refractivity contribution in [1.29, 1.82) is 0 Å². The van der Waals surface area contributed by atoms with Crippen LogP contribution in [0.2, 0.25) is 0 Å². The molecule has 0 unspecified atom stereocenters. The van der Waals surface area contributed by atoms with Gasteiger partial charge in [0.1, 0.15) is 0 Å². The van der Waals surface area contributed by atoms with Gasteiger partial charge in [0.15, 0.2) is 0 Å². The number of hydrogen-bond donors (Lipinski definition) is 0. The van der Waals surface area contributed by atoms with Crippen molar-refractivity contribution in [3.05, 3.63) is 12.7 Å². The Kier molecular flexibility index (Phi) is 3.75. The van der Waals surface area contributed by atoms with E-state index in [4.69, 9.17) is 0 Å². The van der Waals surface area contributed by atoms with Crippen molar-refractivity contribution >= 4 is 10.1 Å². The molecule has 0 saturated heterocycles. The fourth-order valence-electron chi connectivity index (χ4n) is 0.739. The minimum absolute atomic E-state index is 0.144. The quantitative estimate of drug-likeness (QED) is 0.478. The third-order valence-corrected chi connectivity index (χ3v) is 3.17. The van der Waals surface area contributed by atoms with Gasteiger partial charge in [0, 0.05) is 5.25 Å². The Morgan fingerprint density at radius 3 is 2.27 bits per heavy atom. The van der Waals surface area contributed by atoms with Gasteiger partial charge >= 0.3 is 0 Å². The Bertz CT molecular complexity index is 218. The fraction of sp³-hybridized carbons (Fsp3) is 0.714. The summed E-state index contributed by atoms with van der Waals surface area (Å²) in [6.07, 6.45) is 2.18.